The third-order valence-electron chi connectivity index (χ3n) is 4.42. The Balaban J connectivity index is 1.70. The van der Waals surface area contributed by atoms with Crippen LogP contribution in [0.2, 0.25) is 0 Å². The average molecular weight is 211 g/mol. The molecule has 0 aromatic heterocycles. The van der Waals surface area contributed by atoms with E-state index in [1.165, 1.54) is 38.8 Å². The van der Waals surface area contributed by atoms with Crippen molar-refractivity contribution in [3.63, 3.8) is 0 Å². The Labute approximate surface area is 93.7 Å². The Kier molecular flexibility index (Phi) is 3.68. The van der Waals surface area contributed by atoms with Crippen molar-refractivity contribution in [1.29, 1.82) is 0 Å². The number of hydrogen-bond donors (Lipinski definition) is 1. The van der Waals surface area contributed by atoms with Crippen LogP contribution in [0.25, 0.3) is 0 Å². The van der Waals surface area contributed by atoms with Crippen molar-refractivity contribution in [2.24, 2.45) is 17.8 Å². The van der Waals surface area contributed by atoms with Gasteiger partial charge in [0.15, 0.2) is 0 Å². The molecule has 0 spiro atoms. The molecule has 2 aliphatic rings. The summed E-state index contributed by atoms with van der Waals surface area (Å²) in [5, 5.41) is 9.24. The highest BCUT2D eigenvalue weighted by Gasteiger charge is 2.34. The van der Waals surface area contributed by atoms with Gasteiger partial charge in [0.25, 0.3) is 0 Å². The first-order valence-corrected chi connectivity index (χ1v) is 6.55. The first kappa shape index (κ1) is 11.4. The molecule has 0 bridgehead atoms. The van der Waals surface area contributed by atoms with Gasteiger partial charge in [0.1, 0.15) is 0 Å². The summed E-state index contributed by atoms with van der Waals surface area (Å²) in [6, 6.07) is 0.475. The van der Waals surface area contributed by atoms with Crippen LogP contribution in [0.1, 0.15) is 39.5 Å². The van der Waals surface area contributed by atoms with Crippen LogP contribution < -0.4 is 0 Å². The Morgan fingerprint density at radius 1 is 1.33 bits per heavy atom. The zero-order chi connectivity index (χ0) is 10.8. The molecule has 0 aromatic rings. The predicted octanol–water partition coefficient (Wildman–Crippen LogP) is 2.13. The van der Waals surface area contributed by atoms with Gasteiger partial charge in [0.2, 0.25) is 0 Å². The number of nitrogens with zero attached hydrogens (tertiary/aromatic N) is 1. The van der Waals surface area contributed by atoms with Gasteiger partial charge in [-0.05, 0) is 50.0 Å². The molecule has 1 aliphatic carbocycles. The second kappa shape index (κ2) is 4.84. The Morgan fingerprint density at radius 2 is 2.07 bits per heavy atom. The van der Waals surface area contributed by atoms with Gasteiger partial charge in [-0.2, -0.15) is 0 Å². The monoisotopic (exact) mass is 211 g/mol. The molecular weight excluding hydrogens is 186 g/mol. The van der Waals surface area contributed by atoms with Gasteiger partial charge in [-0.15, -0.1) is 0 Å². The Bertz CT molecular complexity index is 199. The van der Waals surface area contributed by atoms with Crippen LogP contribution in [-0.2, 0) is 0 Å². The maximum Gasteiger partial charge on any atom is 0.0586 e. The zero-order valence-electron chi connectivity index (χ0n) is 10.2. The number of hydrogen-bond acceptors (Lipinski definition) is 2. The summed E-state index contributed by atoms with van der Waals surface area (Å²) in [4.78, 5) is 2.52. The molecule has 1 atom stereocenters. The van der Waals surface area contributed by atoms with Crippen LogP contribution in [0.15, 0.2) is 0 Å². The van der Waals surface area contributed by atoms with E-state index in [2.05, 4.69) is 18.7 Å². The van der Waals surface area contributed by atoms with Gasteiger partial charge < -0.3 is 5.11 Å². The highest BCUT2D eigenvalue weighted by molar-refractivity contribution is 4.87. The van der Waals surface area contributed by atoms with Crippen molar-refractivity contribution in [2.75, 3.05) is 19.7 Å². The minimum atomic E-state index is 0.361. The summed E-state index contributed by atoms with van der Waals surface area (Å²) >= 11 is 0. The summed E-state index contributed by atoms with van der Waals surface area (Å²) in [5.41, 5.74) is 0. The molecule has 2 fully saturated rings. The lowest BCUT2D eigenvalue weighted by Gasteiger charge is -2.41. The molecule has 1 heterocycles. The van der Waals surface area contributed by atoms with E-state index in [9.17, 15) is 5.11 Å². The van der Waals surface area contributed by atoms with E-state index in [1.54, 1.807) is 0 Å². The molecule has 1 saturated heterocycles. The fraction of sp³-hybridized carbons (Fsp3) is 1.00. The number of aliphatic hydroxyl groups is 1. The second-order valence-electron chi connectivity index (χ2n) is 5.82. The zero-order valence-corrected chi connectivity index (χ0v) is 10.2. The van der Waals surface area contributed by atoms with Crippen LogP contribution in [0.4, 0.5) is 0 Å². The van der Waals surface area contributed by atoms with Crippen molar-refractivity contribution >= 4 is 0 Å². The van der Waals surface area contributed by atoms with E-state index in [1.807, 2.05) is 0 Å². The lowest BCUT2D eigenvalue weighted by atomic mass is 9.69. The van der Waals surface area contributed by atoms with E-state index >= 15 is 0 Å². The maximum absolute atomic E-state index is 9.24. The van der Waals surface area contributed by atoms with Gasteiger partial charge >= 0.3 is 0 Å². The van der Waals surface area contributed by atoms with E-state index in [-0.39, 0.29) is 0 Å². The lowest BCUT2D eigenvalue weighted by Crippen LogP contribution is -2.41. The van der Waals surface area contributed by atoms with Gasteiger partial charge in [0.05, 0.1) is 6.61 Å². The summed E-state index contributed by atoms with van der Waals surface area (Å²) < 4.78 is 0. The highest BCUT2D eigenvalue weighted by Crippen LogP contribution is 2.39. The number of likely N-dealkylation sites (tertiary alicyclic amines) is 1. The van der Waals surface area contributed by atoms with Gasteiger partial charge in [-0.3, -0.25) is 4.90 Å². The summed E-state index contributed by atoms with van der Waals surface area (Å²) in [6.07, 6.45) is 5.33. The largest absolute Gasteiger partial charge is 0.395 e. The molecule has 1 aliphatic heterocycles. The van der Waals surface area contributed by atoms with Crippen molar-refractivity contribution in [1.82, 2.24) is 4.90 Å². The van der Waals surface area contributed by atoms with Gasteiger partial charge in [0, 0.05) is 12.6 Å². The third-order valence-corrected chi connectivity index (χ3v) is 4.42. The van der Waals surface area contributed by atoms with Crippen molar-refractivity contribution in [3.8, 4) is 0 Å². The minimum Gasteiger partial charge on any atom is -0.395 e. The molecule has 2 heteroatoms. The first-order chi connectivity index (χ1) is 7.20. The third kappa shape index (κ3) is 2.54. The van der Waals surface area contributed by atoms with Crippen LogP contribution in [0, 0.1) is 17.8 Å². The van der Waals surface area contributed by atoms with Crippen molar-refractivity contribution < 1.29 is 5.11 Å². The van der Waals surface area contributed by atoms with E-state index < -0.39 is 0 Å². The van der Waals surface area contributed by atoms with Crippen molar-refractivity contribution in [3.05, 3.63) is 0 Å². The van der Waals surface area contributed by atoms with Crippen molar-refractivity contribution in [2.45, 2.75) is 45.6 Å². The summed E-state index contributed by atoms with van der Waals surface area (Å²) in [7, 11) is 0. The summed E-state index contributed by atoms with van der Waals surface area (Å²) in [6.45, 7) is 7.50. The van der Waals surface area contributed by atoms with Gasteiger partial charge in [-0.1, -0.05) is 13.8 Å². The maximum atomic E-state index is 9.24. The van der Waals surface area contributed by atoms with Crippen LogP contribution in [-0.4, -0.2) is 35.7 Å². The minimum absolute atomic E-state index is 0.361. The quantitative estimate of drug-likeness (QED) is 0.770. The van der Waals surface area contributed by atoms with E-state index in [0.29, 0.717) is 12.6 Å². The highest BCUT2D eigenvalue weighted by atomic mass is 16.3. The average Bonchev–Trinajstić information content (AvgIpc) is 2.56. The van der Waals surface area contributed by atoms with Crippen LogP contribution in [0.5, 0.6) is 0 Å². The molecule has 15 heavy (non-hydrogen) atoms. The Morgan fingerprint density at radius 3 is 2.67 bits per heavy atom. The standard InChI is InChI=1S/C13H25NO/c1-10(2)12-6-11(7-12)8-14-5-3-4-13(14)9-15/h10-13,15H,3-9H2,1-2H3/t11?,12?,13-/m0/s1. The molecule has 88 valence electrons. The van der Waals surface area contributed by atoms with Gasteiger partial charge in [-0.25, -0.2) is 0 Å². The van der Waals surface area contributed by atoms with Crippen LogP contribution >= 0.6 is 0 Å². The molecule has 1 N–H and O–H groups in total. The molecule has 0 amide bonds. The second-order valence-corrected chi connectivity index (χ2v) is 5.82. The Hall–Kier alpha value is -0.0800. The first-order valence-electron chi connectivity index (χ1n) is 6.55. The molecule has 0 unspecified atom stereocenters. The van der Waals surface area contributed by atoms with E-state index in [0.717, 1.165) is 17.8 Å². The summed E-state index contributed by atoms with van der Waals surface area (Å²) in [5.74, 6) is 2.77. The predicted molar refractivity (Wildman–Crippen MR) is 62.7 cm³/mol. The number of rotatable bonds is 4. The topological polar surface area (TPSA) is 23.5 Å². The molecule has 2 nitrogen and oxygen atoms in total. The lowest BCUT2D eigenvalue weighted by molar-refractivity contribution is 0.0743. The molecule has 0 aromatic carbocycles. The fourth-order valence-electron chi connectivity index (χ4n) is 3.15. The van der Waals surface area contributed by atoms with E-state index in [4.69, 9.17) is 0 Å². The molecule has 0 radical (unpaired) electrons. The molecular formula is C13H25NO. The smallest absolute Gasteiger partial charge is 0.0586 e. The number of aliphatic hydroxyl groups excluding tert-OH is 1. The van der Waals surface area contributed by atoms with Crippen LogP contribution in [0.3, 0.4) is 0 Å². The molecule has 2 rings (SSSR count). The molecule has 1 saturated carbocycles. The normalized spacial score (nSPS) is 37.2. The SMILES string of the molecule is CC(C)C1CC(CN2CCC[C@H]2CO)C1. The fourth-order valence-corrected chi connectivity index (χ4v) is 3.15.